The van der Waals surface area contributed by atoms with E-state index in [0.29, 0.717) is 30.6 Å². The van der Waals surface area contributed by atoms with Gasteiger partial charge >= 0.3 is 5.97 Å². The monoisotopic (exact) mass is 378 g/mol. The molecule has 1 aromatic heterocycles. The lowest BCUT2D eigenvalue weighted by Gasteiger charge is -2.18. The molecule has 2 heterocycles. The molecule has 0 fully saturated rings. The molecule has 0 N–H and O–H groups in total. The molecule has 0 bridgehead atoms. The van der Waals surface area contributed by atoms with Gasteiger partial charge in [0, 0.05) is 11.6 Å². The van der Waals surface area contributed by atoms with E-state index in [9.17, 15) is 4.79 Å². The van der Waals surface area contributed by atoms with Crippen LogP contribution < -0.4 is 9.47 Å². The lowest BCUT2D eigenvalue weighted by atomic mass is 10.2. The van der Waals surface area contributed by atoms with Gasteiger partial charge in [0.1, 0.15) is 13.2 Å². The fraction of sp³-hybridized carbons (Fsp3) is 0.190. The van der Waals surface area contributed by atoms with Crippen LogP contribution in [-0.2, 0) is 9.53 Å². The molecule has 3 aromatic rings. The number of aromatic nitrogens is 2. The average molecular weight is 378 g/mol. The molecule has 1 aliphatic rings. The molecular weight excluding hydrogens is 360 g/mol. The number of hydrogen-bond acceptors (Lipinski definition) is 7. The van der Waals surface area contributed by atoms with Crippen LogP contribution >= 0.6 is 0 Å². The molecule has 0 aliphatic carbocycles. The van der Waals surface area contributed by atoms with Gasteiger partial charge in [-0.2, -0.15) is 0 Å². The minimum atomic E-state index is -0.664. The highest BCUT2D eigenvalue weighted by Crippen LogP contribution is 2.31. The van der Waals surface area contributed by atoms with E-state index in [-0.39, 0.29) is 5.89 Å². The van der Waals surface area contributed by atoms with Crippen LogP contribution in [0.4, 0.5) is 0 Å². The Morgan fingerprint density at radius 1 is 1.07 bits per heavy atom. The molecule has 0 amide bonds. The smallest absolute Gasteiger partial charge is 0.331 e. The van der Waals surface area contributed by atoms with Crippen molar-refractivity contribution in [1.29, 1.82) is 0 Å². The van der Waals surface area contributed by atoms with Crippen LogP contribution in [0.2, 0.25) is 0 Å². The highest BCUT2D eigenvalue weighted by Gasteiger charge is 2.18. The second kappa shape index (κ2) is 7.96. The topological polar surface area (TPSA) is 83.7 Å². The van der Waals surface area contributed by atoms with Crippen molar-refractivity contribution >= 4 is 12.0 Å². The van der Waals surface area contributed by atoms with Crippen LogP contribution in [0.25, 0.3) is 17.5 Å². The Kier molecular flexibility index (Phi) is 5.05. The molecule has 7 heteroatoms. The number of carbonyl (C=O) groups excluding carboxylic acids is 1. The molecule has 2 aromatic carbocycles. The second-order valence-corrected chi connectivity index (χ2v) is 6.13. The SMILES string of the molecule is C[C@@H](OC(=O)/C=C/c1ccc2c(c1)OCCO2)c1nnc(-c2ccccc2)o1. The third kappa shape index (κ3) is 4.03. The molecular formula is C21H18N2O5. The van der Waals surface area contributed by atoms with Crippen LogP contribution in [0.3, 0.4) is 0 Å². The fourth-order valence-electron chi connectivity index (χ4n) is 2.69. The van der Waals surface area contributed by atoms with E-state index in [1.807, 2.05) is 48.5 Å². The van der Waals surface area contributed by atoms with Crippen LogP contribution in [0.5, 0.6) is 11.5 Å². The number of hydrogen-bond donors (Lipinski definition) is 0. The first-order valence-electron chi connectivity index (χ1n) is 8.86. The largest absolute Gasteiger partial charge is 0.486 e. The normalized spacial score (nSPS) is 14.0. The Bertz CT molecular complexity index is 997. The van der Waals surface area contributed by atoms with Gasteiger partial charge in [0.2, 0.25) is 5.89 Å². The maximum absolute atomic E-state index is 12.1. The number of carbonyl (C=O) groups is 1. The second-order valence-electron chi connectivity index (χ2n) is 6.13. The summed E-state index contributed by atoms with van der Waals surface area (Å²) < 4.78 is 22.0. The van der Waals surface area contributed by atoms with Crippen molar-refractivity contribution in [2.45, 2.75) is 13.0 Å². The highest BCUT2D eigenvalue weighted by molar-refractivity contribution is 5.87. The summed E-state index contributed by atoms with van der Waals surface area (Å²) in [6, 6.07) is 14.9. The molecule has 0 saturated heterocycles. The van der Waals surface area contributed by atoms with Gasteiger partial charge in [-0.25, -0.2) is 4.79 Å². The van der Waals surface area contributed by atoms with Gasteiger partial charge in [0.25, 0.3) is 5.89 Å². The molecule has 28 heavy (non-hydrogen) atoms. The fourth-order valence-corrected chi connectivity index (χ4v) is 2.69. The number of nitrogens with zero attached hydrogens (tertiary/aromatic N) is 2. The maximum atomic E-state index is 12.1. The van der Waals surface area contributed by atoms with Crippen molar-refractivity contribution in [1.82, 2.24) is 10.2 Å². The van der Waals surface area contributed by atoms with Gasteiger partial charge in [0.05, 0.1) is 0 Å². The first kappa shape index (κ1) is 17.8. The summed E-state index contributed by atoms with van der Waals surface area (Å²) >= 11 is 0. The van der Waals surface area contributed by atoms with Crippen LogP contribution in [0, 0.1) is 0 Å². The molecule has 1 aliphatic heterocycles. The van der Waals surface area contributed by atoms with Crippen LogP contribution in [0.15, 0.2) is 59.0 Å². The van der Waals surface area contributed by atoms with Crippen LogP contribution in [0.1, 0.15) is 24.5 Å². The molecule has 142 valence electrons. The number of rotatable bonds is 5. The molecule has 0 unspecified atom stereocenters. The van der Waals surface area contributed by atoms with E-state index in [0.717, 1.165) is 11.1 Å². The summed E-state index contributed by atoms with van der Waals surface area (Å²) in [6.07, 6.45) is 2.33. The first-order chi connectivity index (χ1) is 13.7. The number of ether oxygens (including phenoxy) is 3. The Labute approximate surface area is 161 Å². The number of fused-ring (bicyclic) bond motifs is 1. The zero-order valence-electron chi connectivity index (χ0n) is 15.2. The van der Waals surface area contributed by atoms with Crippen molar-refractivity contribution in [3.63, 3.8) is 0 Å². The van der Waals surface area contributed by atoms with Crippen molar-refractivity contribution in [2.24, 2.45) is 0 Å². The van der Waals surface area contributed by atoms with E-state index >= 15 is 0 Å². The van der Waals surface area contributed by atoms with Crippen molar-refractivity contribution in [3.8, 4) is 23.0 Å². The lowest BCUT2D eigenvalue weighted by molar-refractivity contribution is -0.143. The maximum Gasteiger partial charge on any atom is 0.331 e. The molecule has 7 nitrogen and oxygen atoms in total. The molecule has 0 spiro atoms. The van der Waals surface area contributed by atoms with Gasteiger partial charge in [-0.1, -0.05) is 24.3 Å². The van der Waals surface area contributed by atoms with E-state index in [4.69, 9.17) is 18.6 Å². The van der Waals surface area contributed by atoms with Gasteiger partial charge in [-0.3, -0.25) is 0 Å². The molecule has 0 radical (unpaired) electrons. The van der Waals surface area contributed by atoms with Gasteiger partial charge in [-0.05, 0) is 42.8 Å². The predicted molar refractivity (Wildman–Crippen MR) is 101 cm³/mol. The molecule has 0 saturated carbocycles. The Hall–Kier alpha value is -3.61. The van der Waals surface area contributed by atoms with Gasteiger partial charge in [-0.15, -0.1) is 10.2 Å². The van der Waals surface area contributed by atoms with Gasteiger partial charge < -0.3 is 18.6 Å². The summed E-state index contributed by atoms with van der Waals surface area (Å²) in [7, 11) is 0. The quantitative estimate of drug-likeness (QED) is 0.493. The van der Waals surface area contributed by atoms with Crippen molar-refractivity contribution in [3.05, 3.63) is 66.1 Å². The standard InChI is InChI=1S/C21H18N2O5/c1-14(20-22-23-21(28-20)16-5-3-2-4-6-16)27-19(24)10-8-15-7-9-17-18(13-15)26-12-11-25-17/h2-10,13-14H,11-12H2,1H3/b10-8+/t14-/m1/s1. The molecule has 1 atom stereocenters. The van der Waals surface area contributed by atoms with E-state index < -0.39 is 12.1 Å². The minimum absolute atomic E-state index is 0.236. The summed E-state index contributed by atoms with van der Waals surface area (Å²) in [5.74, 6) is 1.46. The van der Waals surface area contributed by atoms with E-state index in [1.165, 1.54) is 6.08 Å². The highest BCUT2D eigenvalue weighted by atomic mass is 16.6. The van der Waals surface area contributed by atoms with Gasteiger partial charge in [0.15, 0.2) is 17.6 Å². The predicted octanol–water partition coefficient (Wildman–Crippen LogP) is 3.83. The number of esters is 1. The Balaban J connectivity index is 1.38. The summed E-state index contributed by atoms with van der Waals surface area (Å²) in [5, 5.41) is 7.96. The summed E-state index contributed by atoms with van der Waals surface area (Å²) in [6.45, 7) is 2.72. The third-order valence-electron chi connectivity index (χ3n) is 4.08. The zero-order valence-corrected chi connectivity index (χ0v) is 15.2. The molecule has 4 rings (SSSR count). The summed E-state index contributed by atoms with van der Waals surface area (Å²) in [4.78, 5) is 12.1. The van der Waals surface area contributed by atoms with E-state index in [2.05, 4.69) is 10.2 Å². The Morgan fingerprint density at radius 2 is 1.86 bits per heavy atom. The lowest BCUT2D eigenvalue weighted by Crippen LogP contribution is -2.15. The average Bonchev–Trinajstić information content (AvgIpc) is 3.23. The van der Waals surface area contributed by atoms with Crippen LogP contribution in [-0.4, -0.2) is 29.4 Å². The first-order valence-corrected chi connectivity index (χ1v) is 8.86. The zero-order chi connectivity index (χ0) is 19.3. The van der Waals surface area contributed by atoms with Crippen molar-refractivity contribution in [2.75, 3.05) is 13.2 Å². The summed E-state index contributed by atoms with van der Waals surface area (Å²) in [5.41, 5.74) is 1.61. The Morgan fingerprint density at radius 3 is 2.68 bits per heavy atom. The minimum Gasteiger partial charge on any atom is -0.486 e. The van der Waals surface area contributed by atoms with E-state index in [1.54, 1.807) is 13.0 Å². The third-order valence-corrected chi connectivity index (χ3v) is 4.08. The van der Waals surface area contributed by atoms with Crippen molar-refractivity contribution < 1.29 is 23.4 Å². The number of benzene rings is 2.